The predicted octanol–water partition coefficient (Wildman–Crippen LogP) is 4.03. The molecule has 0 aliphatic heterocycles. The number of nitrogens with zero attached hydrogens (tertiary/aromatic N) is 2. The molecule has 0 aromatic heterocycles. The van der Waals surface area contributed by atoms with Gasteiger partial charge in [-0.15, -0.1) is 0 Å². The highest BCUT2D eigenvalue weighted by atomic mass is 32.2. The number of methoxy groups -OCH3 is 2. The largest absolute Gasteiger partial charge is 0.497 e. The molecule has 10 heteroatoms. The van der Waals surface area contributed by atoms with Crippen LogP contribution in [0.1, 0.15) is 56.6 Å². The van der Waals surface area contributed by atoms with Crippen molar-refractivity contribution in [3.8, 4) is 11.5 Å². The van der Waals surface area contributed by atoms with Crippen LogP contribution in [0.4, 0.5) is 5.69 Å². The molecule has 2 amide bonds. The van der Waals surface area contributed by atoms with Gasteiger partial charge < -0.3 is 19.7 Å². The van der Waals surface area contributed by atoms with Crippen molar-refractivity contribution in [2.24, 2.45) is 0 Å². The first kappa shape index (κ1) is 30.3. The molecule has 1 atom stereocenters. The van der Waals surface area contributed by atoms with Crippen LogP contribution in [-0.4, -0.2) is 64.2 Å². The number of nitrogens with one attached hydrogen (secondary N) is 1. The number of amides is 2. The Morgan fingerprint density at radius 2 is 1.69 bits per heavy atom. The molecule has 1 saturated carbocycles. The van der Waals surface area contributed by atoms with Crippen LogP contribution in [0.5, 0.6) is 11.5 Å². The van der Waals surface area contributed by atoms with Gasteiger partial charge in [-0.2, -0.15) is 0 Å². The average Bonchev–Trinajstić information content (AvgIpc) is 2.92. The van der Waals surface area contributed by atoms with Crippen molar-refractivity contribution in [1.82, 2.24) is 10.2 Å². The van der Waals surface area contributed by atoms with Crippen LogP contribution in [0, 0.1) is 6.92 Å². The van der Waals surface area contributed by atoms with E-state index in [1.807, 2.05) is 38.1 Å². The quantitative estimate of drug-likeness (QED) is 0.421. The van der Waals surface area contributed by atoms with E-state index in [4.69, 9.17) is 9.47 Å². The Bertz CT molecular complexity index is 1230. The summed E-state index contributed by atoms with van der Waals surface area (Å²) in [4.78, 5) is 29.0. The van der Waals surface area contributed by atoms with E-state index < -0.39 is 28.5 Å². The molecule has 2 aromatic rings. The van der Waals surface area contributed by atoms with Crippen LogP contribution < -0.4 is 19.1 Å². The third-order valence-corrected chi connectivity index (χ3v) is 8.27. The topological polar surface area (TPSA) is 105 Å². The Labute approximate surface area is 232 Å². The van der Waals surface area contributed by atoms with Gasteiger partial charge in [-0.05, 0) is 43.9 Å². The zero-order valence-electron chi connectivity index (χ0n) is 23.6. The van der Waals surface area contributed by atoms with Gasteiger partial charge in [-0.3, -0.25) is 13.9 Å². The minimum absolute atomic E-state index is 0.0881. The summed E-state index contributed by atoms with van der Waals surface area (Å²) in [5.41, 5.74) is 2.11. The lowest BCUT2D eigenvalue weighted by Gasteiger charge is -2.34. The standard InChI is InChI=1S/C29H41N3O6S/c1-6-25(29(34)30-23-10-8-7-9-11-23)31(19-22-14-12-21(2)13-15-22)28(33)20-32(39(5,35)36)26-18-24(37-3)16-17-27(26)38-4/h12-18,23,25H,6-11,19-20H2,1-5H3,(H,30,34). The van der Waals surface area contributed by atoms with Crippen LogP contribution in [0.2, 0.25) is 0 Å². The second kappa shape index (κ2) is 13.7. The number of hydrogen-bond acceptors (Lipinski definition) is 6. The van der Waals surface area contributed by atoms with Gasteiger partial charge in [0.05, 0.1) is 26.2 Å². The summed E-state index contributed by atoms with van der Waals surface area (Å²) in [5.74, 6) is -0.00542. The van der Waals surface area contributed by atoms with E-state index in [9.17, 15) is 18.0 Å². The van der Waals surface area contributed by atoms with E-state index in [2.05, 4.69) is 5.32 Å². The molecule has 0 heterocycles. The summed E-state index contributed by atoms with van der Waals surface area (Å²) in [6.45, 7) is 3.51. The molecule has 214 valence electrons. The molecular formula is C29H41N3O6S. The molecule has 0 saturated heterocycles. The molecule has 1 aliphatic carbocycles. The molecule has 0 bridgehead atoms. The lowest BCUT2D eigenvalue weighted by atomic mass is 9.95. The number of aryl methyl sites for hydroxylation is 1. The Kier molecular flexibility index (Phi) is 10.6. The van der Waals surface area contributed by atoms with Crippen molar-refractivity contribution < 1.29 is 27.5 Å². The molecule has 0 radical (unpaired) electrons. The third-order valence-electron chi connectivity index (χ3n) is 7.14. The third kappa shape index (κ3) is 8.11. The number of rotatable bonds is 12. The van der Waals surface area contributed by atoms with Gasteiger partial charge in [0.15, 0.2) is 0 Å². The maximum Gasteiger partial charge on any atom is 0.244 e. The fourth-order valence-corrected chi connectivity index (χ4v) is 5.79. The smallest absolute Gasteiger partial charge is 0.244 e. The first-order chi connectivity index (χ1) is 18.6. The SMILES string of the molecule is CCC(C(=O)NC1CCCCC1)N(Cc1ccc(C)cc1)C(=O)CN(c1cc(OC)ccc1OC)S(C)(=O)=O. The normalized spacial score (nSPS) is 14.8. The Hall–Kier alpha value is -3.27. The highest BCUT2D eigenvalue weighted by Gasteiger charge is 2.33. The van der Waals surface area contributed by atoms with Crippen LogP contribution in [0.15, 0.2) is 42.5 Å². The number of hydrogen-bond donors (Lipinski definition) is 1. The average molecular weight is 560 g/mol. The van der Waals surface area contributed by atoms with Crippen LogP contribution in [0.3, 0.4) is 0 Å². The van der Waals surface area contributed by atoms with Crippen molar-refractivity contribution in [1.29, 1.82) is 0 Å². The van der Waals surface area contributed by atoms with Gasteiger partial charge in [0, 0.05) is 18.7 Å². The predicted molar refractivity (Wildman–Crippen MR) is 153 cm³/mol. The summed E-state index contributed by atoms with van der Waals surface area (Å²) in [5, 5.41) is 3.15. The number of sulfonamides is 1. The summed E-state index contributed by atoms with van der Waals surface area (Å²) >= 11 is 0. The first-order valence-corrected chi connectivity index (χ1v) is 15.3. The highest BCUT2D eigenvalue weighted by molar-refractivity contribution is 7.92. The number of benzene rings is 2. The fraction of sp³-hybridized carbons (Fsp3) is 0.517. The van der Waals surface area contributed by atoms with Crippen LogP contribution in [-0.2, 0) is 26.2 Å². The van der Waals surface area contributed by atoms with Gasteiger partial charge in [-0.1, -0.05) is 56.0 Å². The van der Waals surface area contributed by atoms with Gasteiger partial charge in [0.25, 0.3) is 0 Å². The van der Waals surface area contributed by atoms with E-state index in [0.29, 0.717) is 12.2 Å². The lowest BCUT2D eigenvalue weighted by Crippen LogP contribution is -2.54. The highest BCUT2D eigenvalue weighted by Crippen LogP contribution is 2.34. The summed E-state index contributed by atoms with van der Waals surface area (Å²) in [6, 6.07) is 11.8. The summed E-state index contributed by atoms with van der Waals surface area (Å²) in [6.07, 6.45) is 6.57. The van der Waals surface area contributed by atoms with E-state index in [1.165, 1.54) is 25.2 Å². The molecular weight excluding hydrogens is 518 g/mol. The molecule has 1 fully saturated rings. The maximum atomic E-state index is 14.0. The van der Waals surface area contributed by atoms with Crippen LogP contribution >= 0.6 is 0 Å². The van der Waals surface area contributed by atoms with Crippen molar-refractivity contribution in [2.75, 3.05) is 31.3 Å². The molecule has 39 heavy (non-hydrogen) atoms. The summed E-state index contributed by atoms with van der Waals surface area (Å²) in [7, 11) is -1.00. The molecule has 0 spiro atoms. The van der Waals surface area contributed by atoms with Crippen molar-refractivity contribution in [3.63, 3.8) is 0 Å². The van der Waals surface area contributed by atoms with Crippen LogP contribution in [0.25, 0.3) is 0 Å². The van der Waals surface area contributed by atoms with E-state index >= 15 is 0 Å². The van der Waals surface area contributed by atoms with E-state index in [0.717, 1.165) is 53.8 Å². The number of carbonyl (C=O) groups is 2. The van der Waals surface area contributed by atoms with Gasteiger partial charge in [-0.25, -0.2) is 8.42 Å². The molecule has 3 rings (SSSR count). The molecule has 1 unspecified atom stereocenters. The van der Waals surface area contributed by atoms with Crippen molar-refractivity contribution in [3.05, 3.63) is 53.6 Å². The van der Waals surface area contributed by atoms with Gasteiger partial charge >= 0.3 is 0 Å². The first-order valence-electron chi connectivity index (χ1n) is 13.4. The molecule has 1 aliphatic rings. The molecule has 1 N–H and O–H groups in total. The number of anilines is 1. The summed E-state index contributed by atoms with van der Waals surface area (Å²) < 4.78 is 37.6. The minimum Gasteiger partial charge on any atom is -0.497 e. The zero-order valence-corrected chi connectivity index (χ0v) is 24.4. The number of carbonyl (C=O) groups excluding carboxylic acids is 2. The Morgan fingerprint density at radius 3 is 2.26 bits per heavy atom. The monoisotopic (exact) mass is 559 g/mol. The molecule has 2 aromatic carbocycles. The lowest BCUT2D eigenvalue weighted by molar-refractivity contribution is -0.140. The van der Waals surface area contributed by atoms with Crippen molar-refractivity contribution in [2.45, 2.75) is 71.0 Å². The Morgan fingerprint density at radius 1 is 1.03 bits per heavy atom. The van der Waals surface area contributed by atoms with Gasteiger partial charge in [0.1, 0.15) is 24.1 Å². The van der Waals surface area contributed by atoms with E-state index in [-0.39, 0.29) is 29.9 Å². The minimum atomic E-state index is -3.91. The fourth-order valence-electron chi connectivity index (χ4n) is 4.94. The Balaban J connectivity index is 1.97. The second-order valence-corrected chi connectivity index (χ2v) is 12.0. The molecule has 9 nitrogen and oxygen atoms in total. The van der Waals surface area contributed by atoms with E-state index in [1.54, 1.807) is 12.1 Å². The van der Waals surface area contributed by atoms with Gasteiger partial charge in [0.2, 0.25) is 21.8 Å². The number of ether oxygens (including phenoxy) is 2. The van der Waals surface area contributed by atoms with Crippen molar-refractivity contribution >= 4 is 27.5 Å². The zero-order chi connectivity index (χ0) is 28.6. The maximum absolute atomic E-state index is 14.0. The second-order valence-electron chi connectivity index (χ2n) is 10.1.